The molecule has 1 atom stereocenters. The van der Waals surface area contributed by atoms with Crippen LogP contribution >= 0.6 is 0 Å². The molecule has 0 aromatic heterocycles. The van der Waals surface area contributed by atoms with E-state index < -0.39 is 35.7 Å². The third-order valence-electron chi connectivity index (χ3n) is 2.34. The third-order valence-corrected chi connectivity index (χ3v) is 2.34. The van der Waals surface area contributed by atoms with Gasteiger partial charge in [0.05, 0.1) is 4.92 Å². The number of nitrogens with zero attached hydrogens (tertiary/aromatic N) is 1. The van der Waals surface area contributed by atoms with Gasteiger partial charge in [-0.25, -0.2) is 13.6 Å². The van der Waals surface area contributed by atoms with Gasteiger partial charge < -0.3 is 10.4 Å². The van der Waals surface area contributed by atoms with Crippen LogP contribution in [0.3, 0.4) is 0 Å². The lowest BCUT2D eigenvalue weighted by Crippen LogP contribution is -2.42. The Balaban J connectivity index is 2.86. The predicted octanol–water partition coefficient (Wildman–Crippen LogP) is 1.43. The van der Waals surface area contributed by atoms with Gasteiger partial charge in [0, 0.05) is 24.1 Å². The van der Waals surface area contributed by atoms with Gasteiger partial charge in [0.2, 0.25) is 6.43 Å². The Kier molecular flexibility index (Phi) is 5.07. The van der Waals surface area contributed by atoms with Crippen molar-refractivity contribution in [3.05, 3.63) is 39.9 Å². The molecule has 0 spiro atoms. The first-order valence-corrected chi connectivity index (χ1v) is 5.37. The second-order valence-electron chi connectivity index (χ2n) is 3.80. The zero-order chi connectivity index (χ0) is 15.3. The van der Waals surface area contributed by atoms with E-state index in [4.69, 9.17) is 5.11 Å². The Hall–Kier alpha value is -2.58. The van der Waals surface area contributed by atoms with Crippen molar-refractivity contribution in [2.24, 2.45) is 0 Å². The Morgan fingerprint density at radius 1 is 1.40 bits per heavy atom. The lowest BCUT2D eigenvalue weighted by atomic mass is 10.1. The van der Waals surface area contributed by atoms with Crippen LogP contribution in [0.5, 0.6) is 0 Å². The Labute approximate surface area is 111 Å². The number of halogens is 2. The third kappa shape index (κ3) is 4.26. The van der Waals surface area contributed by atoms with E-state index in [-0.39, 0.29) is 11.3 Å². The van der Waals surface area contributed by atoms with Crippen molar-refractivity contribution in [1.82, 2.24) is 5.32 Å². The van der Waals surface area contributed by atoms with E-state index >= 15 is 0 Å². The summed E-state index contributed by atoms with van der Waals surface area (Å²) < 4.78 is 24.3. The first kappa shape index (κ1) is 15.5. The molecule has 1 aromatic carbocycles. The van der Waals surface area contributed by atoms with Gasteiger partial charge in [-0.1, -0.05) is 6.07 Å². The van der Waals surface area contributed by atoms with Gasteiger partial charge in [0.25, 0.3) is 11.6 Å². The quantitative estimate of drug-likeness (QED) is 0.608. The van der Waals surface area contributed by atoms with E-state index in [9.17, 15) is 28.5 Å². The second kappa shape index (κ2) is 6.55. The highest BCUT2D eigenvalue weighted by Crippen LogP contribution is 2.13. The molecule has 20 heavy (non-hydrogen) atoms. The number of amides is 1. The van der Waals surface area contributed by atoms with Crippen LogP contribution in [-0.2, 0) is 4.79 Å². The molecule has 0 bridgehead atoms. The fraction of sp³-hybridized carbons (Fsp3) is 0.273. The lowest BCUT2D eigenvalue weighted by molar-refractivity contribution is -0.384. The van der Waals surface area contributed by atoms with Gasteiger partial charge in [-0.3, -0.25) is 14.9 Å². The van der Waals surface area contributed by atoms with Gasteiger partial charge in [-0.05, 0) is 6.07 Å². The molecule has 0 aliphatic heterocycles. The zero-order valence-electron chi connectivity index (χ0n) is 9.95. The van der Waals surface area contributed by atoms with Crippen molar-refractivity contribution >= 4 is 17.6 Å². The second-order valence-corrected chi connectivity index (χ2v) is 3.80. The molecule has 0 saturated carbocycles. The number of benzene rings is 1. The number of hydrogen-bond acceptors (Lipinski definition) is 4. The first-order chi connectivity index (χ1) is 9.31. The van der Waals surface area contributed by atoms with E-state index in [0.717, 1.165) is 12.1 Å². The van der Waals surface area contributed by atoms with Crippen LogP contribution in [-0.4, -0.2) is 34.4 Å². The van der Waals surface area contributed by atoms with Crippen LogP contribution in [0.1, 0.15) is 16.8 Å². The topological polar surface area (TPSA) is 110 Å². The number of nitro groups is 1. The average molecular weight is 288 g/mol. The molecule has 1 rings (SSSR count). The van der Waals surface area contributed by atoms with Crippen LogP contribution in [0.2, 0.25) is 0 Å². The number of carboxylic acids is 1. The normalized spacial score (nSPS) is 11.9. The van der Waals surface area contributed by atoms with Crippen LogP contribution in [0.25, 0.3) is 0 Å². The summed E-state index contributed by atoms with van der Waals surface area (Å²) in [6, 6.07) is 2.75. The maximum Gasteiger partial charge on any atom is 0.326 e. The van der Waals surface area contributed by atoms with Crippen LogP contribution < -0.4 is 5.32 Å². The Morgan fingerprint density at radius 2 is 2.05 bits per heavy atom. The summed E-state index contributed by atoms with van der Waals surface area (Å²) in [6.07, 6.45) is -3.95. The zero-order valence-corrected chi connectivity index (χ0v) is 9.95. The van der Waals surface area contributed by atoms with Gasteiger partial charge in [0.15, 0.2) is 0 Å². The standard InChI is InChI=1S/C11H10F2N2O5/c12-9(13)5-8(11(17)18)14-10(16)6-2-1-3-7(4-6)15(19)20/h1-4,8-9H,5H2,(H,14,16)(H,17,18). The van der Waals surface area contributed by atoms with Crippen molar-refractivity contribution in [3.63, 3.8) is 0 Å². The van der Waals surface area contributed by atoms with E-state index in [1.807, 2.05) is 5.32 Å². The van der Waals surface area contributed by atoms with E-state index in [0.29, 0.717) is 0 Å². The molecule has 7 nitrogen and oxygen atoms in total. The highest BCUT2D eigenvalue weighted by molar-refractivity contribution is 5.97. The number of hydrogen-bond donors (Lipinski definition) is 2. The molecule has 0 saturated heterocycles. The fourth-order valence-electron chi connectivity index (χ4n) is 1.40. The summed E-state index contributed by atoms with van der Waals surface area (Å²) in [5, 5.41) is 21.1. The first-order valence-electron chi connectivity index (χ1n) is 5.37. The summed E-state index contributed by atoms with van der Waals surface area (Å²) in [5.41, 5.74) is -0.543. The molecule has 0 heterocycles. The van der Waals surface area contributed by atoms with Crippen molar-refractivity contribution in [1.29, 1.82) is 0 Å². The highest BCUT2D eigenvalue weighted by atomic mass is 19.3. The largest absolute Gasteiger partial charge is 0.480 e. The average Bonchev–Trinajstić information content (AvgIpc) is 2.37. The maximum atomic E-state index is 12.2. The number of nitro benzene ring substituents is 1. The van der Waals surface area contributed by atoms with Gasteiger partial charge in [-0.2, -0.15) is 0 Å². The van der Waals surface area contributed by atoms with Crippen LogP contribution in [0, 0.1) is 10.1 Å². The van der Waals surface area contributed by atoms with Crippen molar-refractivity contribution in [2.45, 2.75) is 18.9 Å². The highest BCUT2D eigenvalue weighted by Gasteiger charge is 2.25. The maximum absolute atomic E-state index is 12.2. The predicted molar refractivity (Wildman–Crippen MR) is 62.6 cm³/mol. The summed E-state index contributed by atoms with van der Waals surface area (Å²) >= 11 is 0. The number of carboxylic acid groups (broad SMARTS) is 1. The number of alkyl halides is 2. The van der Waals surface area contributed by atoms with Crippen LogP contribution in [0.4, 0.5) is 14.5 Å². The number of carbonyl (C=O) groups excluding carboxylic acids is 1. The summed E-state index contributed by atoms with van der Waals surface area (Å²) in [5.74, 6) is -2.58. The molecule has 0 radical (unpaired) electrons. The minimum Gasteiger partial charge on any atom is -0.480 e. The number of non-ortho nitro benzene ring substituents is 1. The SMILES string of the molecule is O=C(NC(CC(F)F)C(=O)O)c1cccc([N+](=O)[O-])c1. The molecule has 9 heteroatoms. The molecule has 1 unspecified atom stereocenters. The molecule has 0 fully saturated rings. The summed E-state index contributed by atoms with van der Waals surface area (Å²) in [7, 11) is 0. The molecule has 2 N–H and O–H groups in total. The summed E-state index contributed by atoms with van der Waals surface area (Å²) in [4.78, 5) is 32.2. The monoisotopic (exact) mass is 288 g/mol. The van der Waals surface area contributed by atoms with Gasteiger partial charge in [-0.15, -0.1) is 0 Å². The number of carbonyl (C=O) groups is 2. The number of nitrogens with one attached hydrogen (secondary N) is 1. The van der Waals surface area contributed by atoms with Crippen molar-refractivity contribution in [3.8, 4) is 0 Å². The number of aliphatic carboxylic acids is 1. The molecule has 0 aliphatic rings. The van der Waals surface area contributed by atoms with E-state index in [1.165, 1.54) is 12.1 Å². The van der Waals surface area contributed by atoms with Crippen molar-refractivity contribution < 1.29 is 28.4 Å². The van der Waals surface area contributed by atoms with Gasteiger partial charge in [0.1, 0.15) is 6.04 Å². The minimum absolute atomic E-state index is 0.181. The molecule has 0 aliphatic carbocycles. The Bertz CT molecular complexity index is 535. The lowest BCUT2D eigenvalue weighted by Gasteiger charge is -2.13. The molecule has 1 aromatic rings. The smallest absolute Gasteiger partial charge is 0.326 e. The number of rotatable bonds is 6. The van der Waals surface area contributed by atoms with E-state index in [2.05, 4.69) is 0 Å². The summed E-state index contributed by atoms with van der Waals surface area (Å²) in [6.45, 7) is 0. The fourth-order valence-corrected chi connectivity index (χ4v) is 1.40. The van der Waals surface area contributed by atoms with E-state index in [1.54, 1.807) is 0 Å². The molecular weight excluding hydrogens is 278 g/mol. The van der Waals surface area contributed by atoms with Gasteiger partial charge >= 0.3 is 5.97 Å². The Morgan fingerprint density at radius 3 is 2.55 bits per heavy atom. The molecule has 108 valence electrons. The van der Waals surface area contributed by atoms with Crippen molar-refractivity contribution in [2.75, 3.05) is 0 Å². The molecular formula is C11H10F2N2O5. The minimum atomic E-state index is -2.90. The van der Waals surface area contributed by atoms with Crippen LogP contribution in [0.15, 0.2) is 24.3 Å². The molecule has 1 amide bonds.